The summed E-state index contributed by atoms with van der Waals surface area (Å²) in [6.07, 6.45) is 3.89. The molecule has 0 atom stereocenters. The van der Waals surface area contributed by atoms with E-state index in [-0.39, 0.29) is 11.7 Å². The van der Waals surface area contributed by atoms with Crippen LogP contribution in [0.25, 0.3) is 11.4 Å². The Balaban J connectivity index is 1.81. The summed E-state index contributed by atoms with van der Waals surface area (Å²) in [5, 5.41) is 0.508. The van der Waals surface area contributed by atoms with E-state index in [0.717, 1.165) is 37.9 Å². The summed E-state index contributed by atoms with van der Waals surface area (Å²) in [6.45, 7) is 0.775. The van der Waals surface area contributed by atoms with Crippen LogP contribution in [-0.2, 0) is 13.0 Å². The number of hydrogen-bond acceptors (Lipinski definition) is 2. The van der Waals surface area contributed by atoms with Gasteiger partial charge in [0.25, 0.3) is 5.91 Å². The molecule has 0 radical (unpaired) electrons. The van der Waals surface area contributed by atoms with Crippen molar-refractivity contribution in [3.05, 3.63) is 70.8 Å². The van der Waals surface area contributed by atoms with Crippen LogP contribution in [0.4, 0.5) is 10.1 Å². The zero-order valence-electron chi connectivity index (χ0n) is 15.7. The Labute approximate surface area is 168 Å². The number of carbonyl (C=O) groups excluding carboxylic acids is 1. The molecule has 0 aliphatic carbocycles. The first-order chi connectivity index (χ1) is 13.6. The molecular weight excluding hydrogens is 377 g/mol. The van der Waals surface area contributed by atoms with Crippen molar-refractivity contribution in [2.75, 3.05) is 11.9 Å². The number of benzene rings is 2. The smallest absolute Gasteiger partial charge is 0.278 e. The topological polar surface area (TPSA) is 38.1 Å². The molecule has 0 fully saturated rings. The molecule has 4 rings (SSSR count). The van der Waals surface area contributed by atoms with Gasteiger partial charge in [-0.1, -0.05) is 42.3 Å². The van der Waals surface area contributed by atoms with Crippen molar-refractivity contribution in [1.29, 1.82) is 0 Å². The minimum Gasteiger partial charge on any atom is -0.327 e. The number of hydrogen-bond donors (Lipinski definition) is 0. The standard InChI is InChI=1S/C22H21ClFN3O/c1-26(18-11-5-4-10-17(18)23)22(28)20-19-12-3-2-6-13-27(19)21(25-20)15-8-7-9-16(24)14-15/h4-5,7-11,14H,2-3,6,12-13H2,1H3. The van der Waals surface area contributed by atoms with Crippen LogP contribution in [0.15, 0.2) is 48.5 Å². The summed E-state index contributed by atoms with van der Waals surface area (Å²) in [4.78, 5) is 19.5. The number of nitrogens with zero attached hydrogens (tertiary/aromatic N) is 3. The van der Waals surface area contributed by atoms with Crippen LogP contribution >= 0.6 is 11.6 Å². The first-order valence-electron chi connectivity index (χ1n) is 9.44. The Hall–Kier alpha value is -2.66. The first kappa shape index (κ1) is 18.7. The van der Waals surface area contributed by atoms with Crippen LogP contribution in [0.3, 0.4) is 0 Å². The van der Waals surface area contributed by atoms with Crippen molar-refractivity contribution in [2.24, 2.45) is 0 Å². The van der Waals surface area contributed by atoms with Gasteiger partial charge < -0.3 is 9.47 Å². The van der Waals surface area contributed by atoms with Crippen molar-refractivity contribution in [2.45, 2.75) is 32.2 Å². The van der Waals surface area contributed by atoms with Gasteiger partial charge in [0.2, 0.25) is 0 Å². The number of aromatic nitrogens is 2. The fraction of sp³-hybridized carbons (Fsp3) is 0.273. The molecule has 28 heavy (non-hydrogen) atoms. The number of anilines is 1. The van der Waals surface area contributed by atoms with E-state index in [9.17, 15) is 9.18 Å². The Morgan fingerprint density at radius 2 is 1.96 bits per heavy atom. The van der Waals surface area contributed by atoms with Gasteiger partial charge in [0.15, 0.2) is 5.69 Å². The molecule has 1 aliphatic rings. The molecule has 2 aromatic carbocycles. The number of amides is 1. The second-order valence-corrected chi connectivity index (χ2v) is 7.43. The zero-order valence-corrected chi connectivity index (χ0v) is 16.4. The van der Waals surface area contributed by atoms with Crippen molar-refractivity contribution in [3.8, 4) is 11.4 Å². The maximum absolute atomic E-state index is 13.8. The largest absolute Gasteiger partial charge is 0.327 e. The van der Waals surface area contributed by atoms with Crippen LogP contribution in [0, 0.1) is 5.82 Å². The first-order valence-corrected chi connectivity index (χ1v) is 9.82. The van der Waals surface area contributed by atoms with Gasteiger partial charge in [0.05, 0.1) is 16.4 Å². The lowest BCUT2D eigenvalue weighted by molar-refractivity contribution is 0.0987. The van der Waals surface area contributed by atoms with Crippen LogP contribution < -0.4 is 4.90 Å². The van der Waals surface area contributed by atoms with Gasteiger partial charge in [-0.3, -0.25) is 4.79 Å². The van der Waals surface area contributed by atoms with E-state index in [0.29, 0.717) is 27.8 Å². The fourth-order valence-corrected chi connectivity index (χ4v) is 3.99. The molecule has 3 aromatic rings. The molecule has 4 nitrogen and oxygen atoms in total. The highest BCUT2D eigenvalue weighted by atomic mass is 35.5. The molecule has 0 N–H and O–H groups in total. The van der Waals surface area contributed by atoms with E-state index in [2.05, 4.69) is 9.55 Å². The summed E-state index contributed by atoms with van der Waals surface area (Å²) >= 11 is 6.28. The number of imidazole rings is 1. The summed E-state index contributed by atoms with van der Waals surface area (Å²) in [5.41, 5.74) is 2.66. The number of rotatable bonds is 3. The van der Waals surface area contributed by atoms with Crippen molar-refractivity contribution < 1.29 is 9.18 Å². The number of carbonyl (C=O) groups is 1. The molecule has 1 amide bonds. The van der Waals surface area contributed by atoms with Crippen molar-refractivity contribution in [1.82, 2.24) is 9.55 Å². The van der Waals surface area contributed by atoms with Crippen molar-refractivity contribution in [3.63, 3.8) is 0 Å². The zero-order chi connectivity index (χ0) is 19.7. The van der Waals surface area contributed by atoms with Gasteiger partial charge in [0, 0.05) is 19.2 Å². The van der Waals surface area contributed by atoms with Gasteiger partial charge in [0.1, 0.15) is 11.6 Å². The Morgan fingerprint density at radius 1 is 1.14 bits per heavy atom. The Bertz CT molecular complexity index is 1030. The molecule has 0 spiro atoms. The minimum atomic E-state index is -0.315. The highest BCUT2D eigenvalue weighted by molar-refractivity contribution is 6.34. The molecule has 0 bridgehead atoms. The van der Waals surface area contributed by atoms with E-state index in [1.54, 1.807) is 19.2 Å². The molecule has 144 valence electrons. The molecule has 2 heterocycles. The highest BCUT2D eigenvalue weighted by Crippen LogP contribution is 2.30. The molecule has 1 aromatic heterocycles. The van der Waals surface area contributed by atoms with Gasteiger partial charge in [-0.25, -0.2) is 9.37 Å². The Morgan fingerprint density at radius 3 is 2.75 bits per heavy atom. The van der Waals surface area contributed by atoms with Gasteiger partial charge in [-0.2, -0.15) is 0 Å². The van der Waals surface area contributed by atoms with E-state index in [1.165, 1.54) is 17.0 Å². The third-order valence-corrected chi connectivity index (χ3v) is 5.49. The fourth-order valence-electron chi connectivity index (χ4n) is 3.73. The normalized spacial score (nSPS) is 13.7. The number of fused-ring (bicyclic) bond motifs is 1. The van der Waals surface area contributed by atoms with E-state index < -0.39 is 0 Å². The summed E-state index contributed by atoms with van der Waals surface area (Å²) in [7, 11) is 1.70. The second-order valence-electron chi connectivity index (χ2n) is 7.02. The third kappa shape index (κ3) is 3.42. The molecule has 6 heteroatoms. The highest BCUT2D eigenvalue weighted by Gasteiger charge is 2.27. The Kier molecular flexibility index (Phi) is 5.18. The average molecular weight is 398 g/mol. The van der Waals surface area contributed by atoms with Gasteiger partial charge >= 0.3 is 0 Å². The predicted molar refractivity (Wildman–Crippen MR) is 109 cm³/mol. The SMILES string of the molecule is CN(C(=O)c1nc(-c2cccc(F)c2)n2c1CCCCC2)c1ccccc1Cl. The lowest BCUT2D eigenvalue weighted by Crippen LogP contribution is -2.28. The molecular formula is C22H21ClFN3O. The monoisotopic (exact) mass is 397 g/mol. The summed E-state index contributed by atoms with van der Waals surface area (Å²) in [5.74, 6) is 0.123. The third-order valence-electron chi connectivity index (χ3n) is 5.17. The molecule has 0 unspecified atom stereocenters. The lowest BCUT2D eigenvalue weighted by Gasteiger charge is -2.18. The average Bonchev–Trinajstić information content (AvgIpc) is 2.88. The van der Waals surface area contributed by atoms with Crippen LogP contribution in [-0.4, -0.2) is 22.5 Å². The van der Waals surface area contributed by atoms with Crippen LogP contribution in [0.2, 0.25) is 5.02 Å². The second kappa shape index (κ2) is 7.76. The molecule has 1 aliphatic heterocycles. The lowest BCUT2D eigenvalue weighted by atomic mass is 10.1. The summed E-state index contributed by atoms with van der Waals surface area (Å²) in [6, 6.07) is 13.6. The quantitative estimate of drug-likeness (QED) is 0.597. The van der Waals surface area contributed by atoms with Crippen molar-refractivity contribution >= 4 is 23.2 Å². The summed E-state index contributed by atoms with van der Waals surface area (Å²) < 4.78 is 15.9. The number of para-hydroxylation sites is 1. The predicted octanol–water partition coefficient (Wildman–Crippen LogP) is 5.35. The maximum atomic E-state index is 13.8. The van der Waals surface area contributed by atoms with E-state index in [1.807, 2.05) is 24.3 Å². The van der Waals surface area contributed by atoms with E-state index in [4.69, 9.17) is 11.6 Å². The molecule has 0 saturated carbocycles. The van der Waals surface area contributed by atoms with Gasteiger partial charge in [-0.15, -0.1) is 0 Å². The molecule has 0 saturated heterocycles. The maximum Gasteiger partial charge on any atom is 0.278 e. The van der Waals surface area contributed by atoms with E-state index >= 15 is 0 Å². The minimum absolute atomic E-state index is 0.207. The van der Waals surface area contributed by atoms with Crippen LogP contribution in [0.5, 0.6) is 0 Å². The van der Waals surface area contributed by atoms with Crippen LogP contribution in [0.1, 0.15) is 35.4 Å². The number of halogens is 2. The van der Waals surface area contributed by atoms with Gasteiger partial charge in [-0.05, 0) is 43.5 Å².